The molecule has 46 heavy (non-hydrogen) atoms. The molecule has 0 aliphatic rings. The molecule has 0 unspecified atom stereocenters. The monoisotopic (exact) mass is 600 g/mol. The molecule has 230 valence electrons. The van der Waals surface area contributed by atoms with Crippen LogP contribution < -0.4 is 20.7 Å². The molecule has 4 heteroatoms. The molecule has 0 bridgehead atoms. The van der Waals surface area contributed by atoms with Crippen molar-refractivity contribution in [3.8, 4) is 0 Å². The normalized spacial score (nSPS) is 11.9. The number of anilines is 6. The van der Waals surface area contributed by atoms with E-state index in [0.717, 1.165) is 33.7 Å². The van der Waals surface area contributed by atoms with E-state index in [1.54, 1.807) is 0 Å². The van der Waals surface area contributed by atoms with Crippen LogP contribution in [0.3, 0.4) is 0 Å². The number of benzene rings is 5. The van der Waals surface area contributed by atoms with Crippen molar-refractivity contribution in [3.63, 3.8) is 0 Å². The topological polar surface area (TPSA) is 6.48 Å². The molecule has 5 rings (SSSR count). The van der Waals surface area contributed by atoms with E-state index in [1.165, 1.54) is 44.8 Å². The van der Waals surface area contributed by atoms with Gasteiger partial charge in [-0.2, -0.15) is 0 Å². The minimum absolute atomic E-state index is 0.0641. The summed E-state index contributed by atoms with van der Waals surface area (Å²) in [5.74, 6) is 0. The third kappa shape index (κ3) is 6.82. The van der Waals surface area contributed by atoms with Gasteiger partial charge in [-0.1, -0.05) is 101 Å². The number of hydrogen-bond acceptors (Lipinski definition) is 2. The van der Waals surface area contributed by atoms with Crippen LogP contribution in [0, 0.1) is 27.7 Å². The second-order valence-electron chi connectivity index (χ2n) is 14.8. The largest absolute Gasteiger partial charge is 0.310 e. The van der Waals surface area contributed by atoms with Crippen molar-refractivity contribution in [1.82, 2.24) is 0 Å². The van der Waals surface area contributed by atoms with Gasteiger partial charge in [0.1, 0.15) is 15.7 Å². The van der Waals surface area contributed by atoms with Crippen LogP contribution in [0.5, 0.6) is 0 Å². The lowest BCUT2D eigenvalue weighted by molar-refractivity contribution is 0.589. The van der Waals surface area contributed by atoms with Gasteiger partial charge in [0.25, 0.3) is 0 Å². The molecule has 0 spiro atoms. The predicted molar refractivity (Wildman–Crippen MR) is 203 cm³/mol. The Morgan fingerprint density at radius 3 is 0.826 bits per heavy atom. The van der Waals surface area contributed by atoms with Gasteiger partial charge in [0, 0.05) is 22.7 Å². The summed E-state index contributed by atoms with van der Waals surface area (Å²) in [4.78, 5) is 4.70. The van der Waals surface area contributed by atoms with Crippen molar-refractivity contribution in [2.24, 2.45) is 0 Å². The van der Waals surface area contributed by atoms with Crippen LogP contribution in [-0.4, -0.2) is 15.7 Å². The van der Waals surface area contributed by atoms with Gasteiger partial charge in [0.2, 0.25) is 0 Å². The lowest BCUT2D eigenvalue weighted by Gasteiger charge is -2.33. The van der Waals surface area contributed by atoms with Crippen LogP contribution in [0.1, 0.15) is 74.9 Å². The molecule has 0 aliphatic carbocycles. The summed E-state index contributed by atoms with van der Waals surface area (Å²) in [7, 11) is 12.3. The maximum Gasteiger partial charge on any atom is 0.113 e. The number of nitrogens with zero attached hydrogens (tertiary/aromatic N) is 2. The smallest absolute Gasteiger partial charge is 0.113 e. The van der Waals surface area contributed by atoms with Crippen LogP contribution >= 0.6 is 0 Å². The van der Waals surface area contributed by atoms with Gasteiger partial charge in [-0.25, -0.2) is 0 Å². The minimum Gasteiger partial charge on any atom is -0.310 e. The quantitative estimate of drug-likeness (QED) is 0.179. The Kier molecular flexibility index (Phi) is 9.06. The molecule has 0 N–H and O–H groups in total. The SMILES string of the molecule is [B]c1ccc(N(c2ccc(N(c3ccc([B])cc3)c3c(C)cc(C(C)(C)C)cc3C)cc2)c2c(C)cc(C(C)(C)C)cc2C)cc1. The molecule has 2 nitrogen and oxygen atoms in total. The van der Waals surface area contributed by atoms with Crippen molar-refractivity contribution in [2.45, 2.75) is 80.1 Å². The van der Waals surface area contributed by atoms with Gasteiger partial charge in [-0.05, 0) is 120 Å². The maximum atomic E-state index is 6.13. The Labute approximate surface area is 280 Å². The van der Waals surface area contributed by atoms with Crippen LogP contribution in [0.15, 0.2) is 97.1 Å². The van der Waals surface area contributed by atoms with Crippen molar-refractivity contribution in [2.75, 3.05) is 9.80 Å². The molecular formula is C42H46B2N2. The third-order valence-corrected chi connectivity index (χ3v) is 8.83. The summed E-state index contributed by atoms with van der Waals surface area (Å²) in [6.45, 7) is 22.5. The van der Waals surface area contributed by atoms with E-state index in [1.807, 2.05) is 24.3 Å². The Bertz CT molecular complexity index is 1660. The second kappa shape index (κ2) is 12.6. The highest BCUT2D eigenvalue weighted by Crippen LogP contribution is 2.44. The standard InChI is InChI=1S/C42H46B2N2/c1-27-23-31(41(5,6)7)24-28(2)39(27)45(35-15-11-33(43)12-16-35)37-19-21-38(22-20-37)46(36-17-13-34(44)14-18-36)40-29(3)25-32(26-30(40)4)42(8,9)10/h11-26H,1-10H3. The zero-order valence-electron chi connectivity index (χ0n) is 29.3. The summed E-state index contributed by atoms with van der Waals surface area (Å²) >= 11 is 0. The average molecular weight is 600 g/mol. The fourth-order valence-corrected chi connectivity index (χ4v) is 6.30. The Balaban J connectivity index is 1.67. The highest BCUT2D eigenvalue weighted by molar-refractivity contribution is 6.32. The van der Waals surface area contributed by atoms with E-state index in [2.05, 4.69) is 152 Å². The average Bonchev–Trinajstić information content (AvgIpc) is 2.97. The number of aryl methyl sites for hydroxylation is 4. The highest BCUT2D eigenvalue weighted by Gasteiger charge is 2.24. The fourth-order valence-electron chi connectivity index (χ4n) is 6.30. The van der Waals surface area contributed by atoms with Gasteiger partial charge in [0.15, 0.2) is 0 Å². The van der Waals surface area contributed by atoms with Gasteiger partial charge in [0.05, 0.1) is 11.4 Å². The molecule has 0 heterocycles. The lowest BCUT2D eigenvalue weighted by Crippen LogP contribution is -2.18. The molecule has 0 fully saturated rings. The van der Waals surface area contributed by atoms with E-state index >= 15 is 0 Å². The summed E-state index contributed by atoms with van der Waals surface area (Å²) in [5.41, 5.74) is 15.9. The Morgan fingerprint density at radius 2 is 0.609 bits per heavy atom. The molecule has 5 aromatic carbocycles. The molecule has 0 aliphatic heterocycles. The summed E-state index contributed by atoms with van der Waals surface area (Å²) in [5, 5.41) is 0. The van der Waals surface area contributed by atoms with Gasteiger partial charge >= 0.3 is 0 Å². The molecule has 0 saturated heterocycles. The number of hydrogen-bond donors (Lipinski definition) is 0. The molecule has 0 amide bonds. The zero-order valence-corrected chi connectivity index (χ0v) is 29.3. The van der Waals surface area contributed by atoms with E-state index in [4.69, 9.17) is 15.7 Å². The van der Waals surface area contributed by atoms with Crippen molar-refractivity contribution in [3.05, 3.63) is 130 Å². The zero-order chi connectivity index (χ0) is 33.6. The minimum atomic E-state index is 0.0641. The maximum absolute atomic E-state index is 6.13. The predicted octanol–water partition coefficient (Wildman–Crippen LogP) is 10.0. The van der Waals surface area contributed by atoms with Crippen molar-refractivity contribution in [1.29, 1.82) is 0 Å². The van der Waals surface area contributed by atoms with E-state index < -0.39 is 0 Å². The molecule has 0 saturated carbocycles. The van der Waals surface area contributed by atoms with E-state index in [-0.39, 0.29) is 10.8 Å². The first kappa shape index (κ1) is 33.2. The molecule has 4 radical (unpaired) electrons. The first-order chi connectivity index (χ1) is 21.5. The van der Waals surface area contributed by atoms with Gasteiger partial charge in [-0.3, -0.25) is 0 Å². The van der Waals surface area contributed by atoms with Crippen LogP contribution in [0.25, 0.3) is 0 Å². The first-order valence-corrected chi connectivity index (χ1v) is 16.2. The third-order valence-electron chi connectivity index (χ3n) is 8.83. The first-order valence-electron chi connectivity index (χ1n) is 16.2. The molecule has 0 aromatic heterocycles. The van der Waals surface area contributed by atoms with Crippen LogP contribution in [0.2, 0.25) is 0 Å². The van der Waals surface area contributed by atoms with Crippen LogP contribution in [0.4, 0.5) is 34.1 Å². The van der Waals surface area contributed by atoms with Crippen molar-refractivity contribution < 1.29 is 0 Å². The number of rotatable bonds is 6. The van der Waals surface area contributed by atoms with E-state index in [9.17, 15) is 0 Å². The summed E-state index contributed by atoms with van der Waals surface area (Å²) in [6, 6.07) is 34.5. The highest BCUT2D eigenvalue weighted by atomic mass is 15.2. The van der Waals surface area contributed by atoms with Gasteiger partial charge in [-0.15, -0.1) is 0 Å². The second-order valence-corrected chi connectivity index (χ2v) is 14.8. The Morgan fingerprint density at radius 1 is 0.391 bits per heavy atom. The molecule has 0 atom stereocenters. The summed E-state index contributed by atoms with van der Waals surface area (Å²) < 4.78 is 0. The van der Waals surface area contributed by atoms with E-state index in [0.29, 0.717) is 0 Å². The molecular weight excluding hydrogens is 554 g/mol. The van der Waals surface area contributed by atoms with Gasteiger partial charge < -0.3 is 9.80 Å². The summed E-state index contributed by atoms with van der Waals surface area (Å²) in [6.07, 6.45) is 0. The Hall–Kier alpha value is -4.17. The molecule has 5 aromatic rings. The lowest BCUT2D eigenvalue weighted by atomic mass is 9.84. The van der Waals surface area contributed by atoms with Crippen LogP contribution in [-0.2, 0) is 10.8 Å². The fraction of sp³-hybridized carbons (Fsp3) is 0.286. The van der Waals surface area contributed by atoms with Crippen molar-refractivity contribution >= 4 is 60.7 Å².